The Morgan fingerprint density at radius 3 is 2.28 bits per heavy atom. The molecule has 1 heterocycles. The number of halogens is 3. The number of benzene rings is 2. The number of carbonyl (C=O) groups is 1. The molecule has 208 valence electrons. The molecule has 0 bridgehead atoms. The van der Waals surface area contributed by atoms with Crippen LogP contribution in [0.25, 0.3) is 0 Å². The van der Waals surface area contributed by atoms with Gasteiger partial charge in [0, 0.05) is 5.69 Å². The fourth-order valence-corrected chi connectivity index (χ4v) is 4.56. The molecule has 0 radical (unpaired) electrons. The number of anilines is 2. The summed E-state index contributed by atoms with van der Waals surface area (Å²) in [5.41, 5.74) is -2.96. The number of alkyl carbamates (subject to hydrolysis) is 1. The van der Waals surface area contributed by atoms with Crippen LogP contribution in [-0.2, 0) is 15.8 Å². The number of rotatable bonds is 6. The summed E-state index contributed by atoms with van der Waals surface area (Å²) in [5.74, 6) is 0.568. The molecule has 0 atom stereocenters. The highest BCUT2D eigenvalue weighted by Gasteiger charge is 2.47. The Kier molecular flexibility index (Phi) is 7.21. The molecule has 1 amide bonds. The summed E-state index contributed by atoms with van der Waals surface area (Å²) in [6.45, 7) is 9.13. The summed E-state index contributed by atoms with van der Waals surface area (Å²) in [7, 11) is 0. The van der Waals surface area contributed by atoms with Crippen molar-refractivity contribution in [2.75, 3.05) is 16.6 Å². The fraction of sp³-hybridized carbons (Fsp3) is 0.444. The summed E-state index contributed by atoms with van der Waals surface area (Å²) in [4.78, 5) is 19.8. The van der Waals surface area contributed by atoms with E-state index in [2.05, 4.69) is 5.32 Å². The minimum absolute atomic E-state index is 0.0501. The lowest BCUT2D eigenvalue weighted by Crippen LogP contribution is -2.44. The number of hydrogen-bond acceptors (Lipinski definition) is 6. The number of thiocarbonyl (C=S) groups is 1. The van der Waals surface area contributed by atoms with Crippen molar-refractivity contribution in [2.45, 2.75) is 70.5 Å². The van der Waals surface area contributed by atoms with E-state index in [1.807, 2.05) is 0 Å². The quantitative estimate of drug-likeness (QED) is 0.411. The summed E-state index contributed by atoms with van der Waals surface area (Å²) >= 11 is 5.59. The van der Waals surface area contributed by atoms with Crippen LogP contribution in [0.4, 0.5) is 29.3 Å². The average Bonchev–Trinajstić information content (AvgIpc) is 3.53. The maximum atomic E-state index is 13.5. The monoisotopic (exact) mass is 562 g/mol. The maximum absolute atomic E-state index is 13.5. The zero-order valence-electron chi connectivity index (χ0n) is 22.2. The molecule has 1 saturated carbocycles. The SMILES string of the molecule is CC(C)(C)OC(=O)NC1(COc2ccc(N3C(=S)N(c4ccc(C#N)c(C(F)(F)F)c4)OC3(C)C)cc2)CC1. The topological polar surface area (TPSA) is 87.1 Å². The minimum atomic E-state index is -4.71. The van der Waals surface area contributed by atoms with Crippen molar-refractivity contribution >= 4 is 34.8 Å². The molecule has 0 aromatic heterocycles. The molecule has 2 aromatic rings. The maximum Gasteiger partial charge on any atom is 0.417 e. The number of nitriles is 1. The predicted molar refractivity (Wildman–Crippen MR) is 142 cm³/mol. The summed E-state index contributed by atoms with van der Waals surface area (Å²) in [5, 5.41) is 13.3. The highest BCUT2D eigenvalue weighted by Crippen LogP contribution is 2.40. The van der Waals surface area contributed by atoms with Crippen LogP contribution in [0.2, 0.25) is 0 Å². The van der Waals surface area contributed by atoms with E-state index in [-0.39, 0.29) is 17.4 Å². The lowest BCUT2D eigenvalue weighted by atomic mass is 10.1. The number of nitrogens with zero attached hydrogens (tertiary/aromatic N) is 3. The Hall–Kier alpha value is -3.56. The van der Waals surface area contributed by atoms with Crippen molar-refractivity contribution < 1.29 is 32.3 Å². The number of hydrogen-bond donors (Lipinski definition) is 1. The van der Waals surface area contributed by atoms with E-state index in [1.54, 1.807) is 69.9 Å². The molecule has 0 spiro atoms. The molecule has 39 heavy (non-hydrogen) atoms. The van der Waals surface area contributed by atoms with Gasteiger partial charge in [0.15, 0.2) is 5.72 Å². The predicted octanol–water partition coefficient (Wildman–Crippen LogP) is 6.29. The van der Waals surface area contributed by atoms with Crippen LogP contribution in [-0.4, -0.2) is 34.7 Å². The number of hydroxylamine groups is 1. The first-order chi connectivity index (χ1) is 18.0. The second kappa shape index (κ2) is 9.88. The molecule has 8 nitrogen and oxygen atoms in total. The standard InChI is InChI=1S/C27H29F3N4O4S/c1-24(2,3)37-22(35)32-26(12-13-26)16-36-20-10-8-18(9-11-20)33-23(39)34(38-25(33,4)5)19-7-6-17(15-31)21(14-19)27(28,29)30/h6-11,14H,12-13,16H2,1-5H3,(H,32,35). The molecular formula is C27H29F3N4O4S. The Labute approximate surface area is 230 Å². The normalized spacial score (nSPS) is 18.0. The van der Waals surface area contributed by atoms with Gasteiger partial charge in [-0.05, 0) is 102 Å². The first-order valence-electron chi connectivity index (χ1n) is 12.2. The molecule has 4 rings (SSSR count). The summed E-state index contributed by atoms with van der Waals surface area (Å²) < 4.78 is 51.8. The third-order valence-corrected chi connectivity index (χ3v) is 6.46. The number of amides is 1. The van der Waals surface area contributed by atoms with E-state index in [9.17, 15) is 18.0 Å². The number of nitrogens with one attached hydrogen (secondary N) is 1. The molecule has 2 aliphatic rings. The van der Waals surface area contributed by atoms with Crippen LogP contribution in [0.3, 0.4) is 0 Å². The molecule has 1 N–H and O–H groups in total. The van der Waals surface area contributed by atoms with Crippen molar-refractivity contribution in [1.82, 2.24) is 5.32 Å². The van der Waals surface area contributed by atoms with Gasteiger partial charge in [-0.2, -0.15) is 23.5 Å². The molecule has 0 unspecified atom stereocenters. The van der Waals surface area contributed by atoms with Gasteiger partial charge in [-0.3, -0.25) is 4.90 Å². The van der Waals surface area contributed by atoms with E-state index in [0.717, 1.165) is 30.0 Å². The highest BCUT2D eigenvalue weighted by atomic mass is 32.1. The number of alkyl halides is 3. The minimum Gasteiger partial charge on any atom is -0.491 e. The van der Waals surface area contributed by atoms with Crippen molar-refractivity contribution in [3.05, 3.63) is 53.6 Å². The molecule has 2 fully saturated rings. The van der Waals surface area contributed by atoms with Gasteiger partial charge in [0.2, 0.25) is 5.11 Å². The number of ether oxygens (including phenoxy) is 2. The van der Waals surface area contributed by atoms with Crippen LogP contribution in [0.5, 0.6) is 5.75 Å². The van der Waals surface area contributed by atoms with Gasteiger partial charge in [-0.25, -0.2) is 9.63 Å². The first kappa shape index (κ1) is 28.4. The van der Waals surface area contributed by atoms with Gasteiger partial charge in [-0.1, -0.05) is 0 Å². The van der Waals surface area contributed by atoms with Crippen LogP contribution in [0, 0.1) is 11.3 Å². The number of carbonyl (C=O) groups excluding carboxylic acids is 1. The Morgan fingerprint density at radius 2 is 1.74 bits per heavy atom. The van der Waals surface area contributed by atoms with E-state index in [4.69, 9.17) is 31.8 Å². The van der Waals surface area contributed by atoms with Crippen molar-refractivity contribution in [1.29, 1.82) is 5.26 Å². The second-order valence-electron chi connectivity index (χ2n) is 11.0. The molecule has 12 heteroatoms. The Morgan fingerprint density at radius 1 is 1.13 bits per heavy atom. The smallest absolute Gasteiger partial charge is 0.417 e. The molecule has 1 aliphatic heterocycles. The van der Waals surface area contributed by atoms with Crippen LogP contribution < -0.4 is 20.0 Å². The van der Waals surface area contributed by atoms with Gasteiger partial charge in [0.1, 0.15) is 18.0 Å². The third-order valence-electron chi connectivity index (χ3n) is 6.11. The molecule has 1 aliphatic carbocycles. The molecule has 2 aromatic carbocycles. The Bertz CT molecular complexity index is 1310. The summed E-state index contributed by atoms with van der Waals surface area (Å²) in [6.07, 6.45) is -3.65. The van der Waals surface area contributed by atoms with E-state index in [1.165, 1.54) is 6.07 Å². The van der Waals surface area contributed by atoms with Gasteiger partial charge >= 0.3 is 12.3 Å². The average molecular weight is 563 g/mol. The first-order valence-corrected chi connectivity index (χ1v) is 12.6. The van der Waals surface area contributed by atoms with Crippen LogP contribution >= 0.6 is 12.2 Å². The fourth-order valence-electron chi connectivity index (χ4n) is 4.09. The zero-order chi connectivity index (χ0) is 28.8. The van der Waals surface area contributed by atoms with E-state index >= 15 is 0 Å². The van der Waals surface area contributed by atoms with Gasteiger partial charge < -0.3 is 14.8 Å². The lowest BCUT2D eigenvalue weighted by Gasteiger charge is -2.28. The summed E-state index contributed by atoms with van der Waals surface area (Å²) in [6, 6.07) is 11.9. The largest absolute Gasteiger partial charge is 0.491 e. The van der Waals surface area contributed by atoms with Crippen molar-refractivity contribution in [2.24, 2.45) is 0 Å². The van der Waals surface area contributed by atoms with Crippen molar-refractivity contribution in [3.8, 4) is 11.8 Å². The van der Waals surface area contributed by atoms with E-state index in [0.29, 0.717) is 11.4 Å². The zero-order valence-corrected chi connectivity index (χ0v) is 23.0. The van der Waals surface area contributed by atoms with Gasteiger partial charge in [-0.15, -0.1) is 0 Å². The van der Waals surface area contributed by atoms with Crippen LogP contribution in [0.1, 0.15) is 58.6 Å². The van der Waals surface area contributed by atoms with E-state index < -0.39 is 40.3 Å². The van der Waals surface area contributed by atoms with Gasteiger partial charge in [0.05, 0.1) is 28.4 Å². The third kappa shape index (κ3) is 6.37. The van der Waals surface area contributed by atoms with Crippen LogP contribution in [0.15, 0.2) is 42.5 Å². The Balaban J connectivity index is 1.46. The molecular weight excluding hydrogens is 533 g/mol. The highest BCUT2D eigenvalue weighted by molar-refractivity contribution is 7.80. The molecule has 1 saturated heterocycles. The van der Waals surface area contributed by atoms with Crippen molar-refractivity contribution in [3.63, 3.8) is 0 Å². The lowest BCUT2D eigenvalue weighted by molar-refractivity contribution is -0.137. The van der Waals surface area contributed by atoms with Gasteiger partial charge in [0.25, 0.3) is 0 Å². The second-order valence-corrected chi connectivity index (χ2v) is 11.3.